The number of aryl methyl sites for hydroxylation is 1. The highest BCUT2D eigenvalue weighted by molar-refractivity contribution is 4.83. The Hall–Kier alpha value is -0.900. The molecule has 2 N–H and O–H groups in total. The molecule has 0 unspecified atom stereocenters. The van der Waals surface area contributed by atoms with Crippen LogP contribution in [0.25, 0.3) is 0 Å². The first-order valence-electron chi connectivity index (χ1n) is 3.45. The van der Waals surface area contributed by atoms with Gasteiger partial charge in [0.05, 0.1) is 0 Å². The third kappa shape index (κ3) is 1.33. The summed E-state index contributed by atoms with van der Waals surface area (Å²) in [6, 6.07) is 0. The van der Waals surface area contributed by atoms with E-state index in [4.69, 9.17) is 5.73 Å². The van der Waals surface area contributed by atoms with E-state index in [2.05, 4.69) is 17.1 Å². The highest BCUT2D eigenvalue weighted by atomic mass is 15.3. The minimum atomic E-state index is 0.644. The number of rotatable bonds is 3. The van der Waals surface area contributed by atoms with E-state index in [1.165, 1.54) is 0 Å². The standard InChI is InChI=1S/C6H12N4/c1-2-6-9-8-5-10(6)4-3-7/h5H,2-4,7H2,1H3. The Balaban J connectivity index is 2.70. The van der Waals surface area contributed by atoms with Gasteiger partial charge in [0.1, 0.15) is 12.2 Å². The molecule has 1 rings (SSSR count). The van der Waals surface area contributed by atoms with Gasteiger partial charge in [-0.3, -0.25) is 0 Å². The van der Waals surface area contributed by atoms with Crippen molar-refractivity contribution in [2.24, 2.45) is 5.73 Å². The summed E-state index contributed by atoms with van der Waals surface area (Å²) in [4.78, 5) is 0. The van der Waals surface area contributed by atoms with Crippen LogP contribution in [0.2, 0.25) is 0 Å². The summed E-state index contributed by atoms with van der Waals surface area (Å²) in [6.45, 7) is 3.51. The van der Waals surface area contributed by atoms with Gasteiger partial charge >= 0.3 is 0 Å². The van der Waals surface area contributed by atoms with Gasteiger partial charge < -0.3 is 10.3 Å². The van der Waals surface area contributed by atoms with Crippen LogP contribution in [0.1, 0.15) is 12.7 Å². The molecule has 0 aliphatic carbocycles. The van der Waals surface area contributed by atoms with Gasteiger partial charge in [-0.25, -0.2) is 0 Å². The molecule has 0 saturated heterocycles. The Morgan fingerprint density at radius 2 is 2.50 bits per heavy atom. The van der Waals surface area contributed by atoms with E-state index in [-0.39, 0.29) is 0 Å². The average Bonchev–Trinajstić information content (AvgIpc) is 2.36. The molecule has 10 heavy (non-hydrogen) atoms. The molecule has 4 nitrogen and oxygen atoms in total. The van der Waals surface area contributed by atoms with E-state index in [1.807, 2.05) is 4.57 Å². The molecular weight excluding hydrogens is 128 g/mol. The number of hydrogen-bond donors (Lipinski definition) is 1. The molecule has 0 amide bonds. The molecule has 0 fully saturated rings. The summed E-state index contributed by atoms with van der Waals surface area (Å²) in [6.07, 6.45) is 2.63. The van der Waals surface area contributed by atoms with Gasteiger partial charge in [-0.1, -0.05) is 6.92 Å². The van der Waals surface area contributed by atoms with Crippen LogP contribution < -0.4 is 5.73 Å². The summed E-state index contributed by atoms with van der Waals surface area (Å²) in [5.41, 5.74) is 5.37. The topological polar surface area (TPSA) is 56.7 Å². The van der Waals surface area contributed by atoms with E-state index >= 15 is 0 Å². The molecule has 56 valence electrons. The first-order chi connectivity index (χ1) is 4.88. The lowest BCUT2D eigenvalue weighted by atomic mass is 10.4. The fraction of sp³-hybridized carbons (Fsp3) is 0.667. The predicted octanol–water partition coefficient (Wildman–Crippen LogP) is -0.201. The maximum absolute atomic E-state index is 5.37. The summed E-state index contributed by atoms with van der Waals surface area (Å²) in [5, 5.41) is 7.68. The normalized spacial score (nSPS) is 10.2. The number of hydrogen-bond acceptors (Lipinski definition) is 3. The molecule has 0 saturated carbocycles. The maximum atomic E-state index is 5.37. The minimum Gasteiger partial charge on any atom is -0.329 e. The summed E-state index contributed by atoms with van der Waals surface area (Å²) in [7, 11) is 0. The largest absolute Gasteiger partial charge is 0.329 e. The Kier molecular flexibility index (Phi) is 2.39. The van der Waals surface area contributed by atoms with E-state index < -0.39 is 0 Å². The maximum Gasteiger partial charge on any atom is 0.132 e. The van der Waals surface area contributed by atoms with Gasteiger partial charge in [-0.05, 0) is 0 Å². The van der Waals surface area contributed by atoms with Gasteiger partial charge in [-0.15, -0.1) is 10.2 Å². The van der Waals surface area contributed by atoms with E-state index in [1.54, 1.807) is 6.33 Å². The van der Waals surface area contributed by atoms with Crippen LogP contribution >= 0.6 is 0 Å². The third-order valence-corrected chi connectivity index (χ3v) is 1.38. The molecular formula is C6H12N4. The number of nitrogens with zero attached hydrogens (tertiary/aromatic N) is 3. The van der Waals surface area contributed by atoms with Crippen LogP contribution in [0.3, 0.4) is 0 Å². The average molecular weight is 140 g/mol. The van der Waals surface area contributed by atoms with Crippen LogP contribution in [0.4, 0.5) is 0 Å². The Bertz CT molecular complexity index is 193. The molecule has 1 aromatic heterocycles. The molecule has 0 aliphatic heterocycles. The molecule has 4 heteroatoms. The van der Waals surface area contributed by atoms with Crippen molar-refractivity contribution in [1.29, 1.82) is 0 Å². The molecule has 0 aliphatic rings. The van der Waals surface area contributed by atoms with Crippen molar-refractivity contribution in [3.8, 4) is 0 Å². The second-order valence-electron chi connectivity index (χ2n) is 2.08. The fourth-order valence-electron chi connectivity index (χ4n) is 0.879. The van der Waals surface area contributed by atoms with Gasteiger partial charge in [0, 0.05) is 19.5 Å². The van der Waals surface area contributed by atoms with Gasteiger partial charge in [0.25, 0.3) is 0 Å². The molecule has 0 bridgehead atoms. The molecule has 1 aromatic rings. The highest BCUT2D eigenvalue weighted by Gasteiger charge is 1.97. The SMILES string of the molecule is CCc1nncn1CCN. The van der Waals surface area contributed by atoms with Crippen LogP contribution in [0.5, 0.6) is 0 Å². The second-order valence-corrected chi connectivity index (χ2v) is 2.08. The van der Waals surface area contributed by atoms with Crippen molar-refractivity contribution in [2.45, 2.75) is 19.9 Å². The first-order valence-corrected chi connectivity index (χ1v) is 3.45. The lowest BCUT2D eigenvalue weighted by molar-refractivity contribution is 0.666. The zero-order chi connectivity index (χ0) is 7.40. The van der Waals surface area contributed by atoms with Crippen molar-refractivity contribution < 1.29 is 0 Å². The lowest BCUT2D eigenvalue weighted by Gasteiger charge is -2.00. The van der Waals surface area contributed by atoms with Crippen molar-refractivity contribution in [3.63, 3.8) is 0 Å². The van der Waals surface area contributed by atoms with E-state index in [0.29, 0.717) is 6.54 Å². The second kappa shape index (κ2) is 3.31. The fourth-order valence-corrected chi connectivity index (χ4v) is 0.879. The van der Waals surface area contributed by atoms with Crippen LogP contribution in [0.15, 0.2) is 6.33 Å². The predicted molar refractivity (Wildman–Crippen MR) is 38.5 cm³/mol. The van der Waals surface area contributed by atoms with Crippen molar-refractivity contribution in [2.75, 3.05) is 6.54 Å². The zero-order valence-corrected chi connectivity index (χ0v) is 6.12. The van der Waals surface area contributed by atoms with E-state index in [0.717, 1.165) is 18.8 Å². The van der Waals surface area contributed by atoms with Crippen molar-refractivity contribution in [1.82, 2.24) is 14.8 Å². The summed E-state index contributed by atoms with van der Waals surface area (Å²) in [5.74, 6) is 1.01. The number of nitrogens with two attached hydrogens (primary N) is 1. The molecule has 0 spiro atoms. The van der Waals surface area contributed by atoms with Gasteiger partial charge in [-0.2, -0.15) is 0 Å². The molecule has 0 atom stereocenters. The third-order valence-electron chi connectivity index (χ3n) is 1.38. The summed E-state index contributed by atoms with van der Waals surface area (Å²) < 4.78 is 1.97. The van der Waals surface area contributed by atoms with Crippen LogP contribution in [-0.4, -0.2) is 21.3 Å². The van der Waals surface area contributed by atoms with Crippen molar-refractivity contribution in [3.05, 3.63) is 12.2 Å². The minimum absolute atomic E-state index is 0.644. The summed E-state index contributed by atoms with van der Waals surface area (Å²) >= 11 is 0. The number of aromatic nitrogens is 3. The van der Waals surface area contributed by atoms with Gasteiger partial charge in [0.2, 0.25) is 0 Å². The first kappa shape index (κ1) is 7.21. The van der Waals surface area contributed by atoms with E-state index in [9.17, 15) is 0 Å². The monoisotopic (exact) mass is 140 g/mol. The van der Waals surface area contributed by atoms with Gasteiger partial charge in [0.15, 0.2) is 0 Å². The lowest BCUT2D eigenvalue weighted by Crippen LogP contribution is -2.11. The Morgan fingerprint density at radius 3 is 3.10 bits per heavy atom. The Labute approximate surface area is 60.1 Å². The van der Waals surface area contributed by atoms with Crippen LogP contribution in [0, 0.1) is 0 Å². The smallest absolute Gasteiger partial charge is 0.132 e. The van der Waals surface area contributed by atoms with Crippen molar-refractivity contribution >= 4 is 0 Å². The quantitative estimate of drug-likeness (QED) is 0.632. The molecule has 0 radical (unpaired) electrons. The molecule has 0 aromatic carbocycles. The molecule has 1 heterocycles. The van der Waals surface area contributed by atoms with Crippen LogP contribution in [-0.2, 0) is 13.0 Å². The zero-order valence-electron chi connectivity index (χ0n) is 6.12. The Morgan fingerprint density at radius 1 is 1.70 bits per heavy atom. The highest BCUT2D eigenvalue weighted by Crippen LogP contribution is 1.93.